The minimum atomic E-state index is -1.11. The average Bonchev–Trinajstić information content (AvgIpc) is 3.15. The van der Waals surface area contributed by atoms with Gasteiger partial charge < -0.3 is 14.6 Å². The van der Waals surface area contributed by atoms with Crippen molar-refractivity contribution in [3.63, 3.8) is 0 Å². The highest BCUT2D eigenvalue weighted by Crippen LogP contribution is 2.20. The minimum absolute atomic E-state index is 0.0232. The first-order valence-electron chi connectivity index (χ1n) is 9.07. The number of ether oxygens (including phenoxy) is 1. The van der Waals surface area contributed by atoms with E-state index < -0.39 is 19.5 Å². The monoisotopic (exact) mass is 398 g/mol. The fourth-order valence-corrected chi connectivity index (χ4v) is 2.99. The maximum absolute atomic E-state index is 12.6. The molecule has 8 heteroatoms. The molecule has 3 aromatic rings. The Kier molecular flexibility index (Phi) is 6.39. The predicted octanol–water partition coefficient (Wildman–Crippen LogP) is 3.47. The molecule has 0 saturated heterocycles. The molecule has 2 aromatic carbocycles. The van der Waals surface area contributed by atoms with Crippen molar-refractivity contribution in [1.29, 1.82) is 5.26 Å². The van der Waals surface area contributed by atoms with E-state index in [9.17, 15) is 18.8 Å². The van der Waals surface area contributed by atoms with E-state index in [4.69, 9.17) is 4.74 Å². The number of nitriles is 1. The van der Waals surface area contributed by atoms with Gasteiger partial charge in [-0.1, -0.05) is 18.2 Å². The van der Waals surface area contributed by atoms with Gasteiger partial charge in [-0.3, -0.25) is 4.79 Å². The Balaban J connectivity index is 1.65. The fraction of sp³-hybridized carbons (Fsp3) is 0.286. The summed E-state index contributed by atoms with van der Waals surface area (Å²) in [7, 11) is 0. The van der Waals surface area contributed by atoms with Gasteiger partial charge in [0.15, 0.2) is 6.10 Å². The number of fused-ring (bicyclic) bond motifs is 1. The number of rotatable bonds is 8. The predicted molar refractivity (Wildman–Crippen MR) is 104 cm³/mol. The molecule has 0 bridgehead atoms. The molecule has 0 aliphatic rings. The molecule has 6 nitrogen and oxygen atoms in total. The minimum Gasteiger partial charge on any atom is -0.485 e. The SMILES string of the molecule is CC(NC(=O)Cn1cnc2cccc(C#N)c21)c1ccc(OC(CF)CF)cc1. The van der Waals surface area contributed by atoms with Gasteiger partial charge in [-0.25, -0.2) is 13.8 Å². The van der Waals surface area contributed by atoms with Crippen molar-refractivity contribution in [2.75, 3.05) is 13.3 Å². The second kappa shape index (κ2) is 9.15. The molecule has 0 radical (unpaired) electrons. The third kappa shape index (κ3) is 4.69. The second-order valence-electron chi connectivity index (χ2n) is 6.56. The van der Waals surface area contributed by atoms with E-state index in [0.29, 0.717) is 22.3 Å². The van der Waals surface area contributed by atoms with E-state index in [1.165, 1.54) is 6.33 Å². The van der Waals surface area contributed by atoms with Crippen molar-refractivity contribution < 1.29 is 18.3 Å². The summed E-state index contributed by atoms with van der Waals surface area (Å²) in [6.07, 6.45) is 0.426. The van der Waals surface area contributed by atoms with Crippen LogP contribution in [0.1, 0.15) is 24.1 Å². The molecule has 1 unspecified atom stereocenters. The van der Waals surface area contributed by atoms with Gasteiger partial charge in [-0.05, 0) is 36.8 Å². The van der Waals surface area contributed by atoms with E-state index in [1.807, 2.05) is 6.92 Å². The number of aromatic nitrogens is 2. The van der Waals surface area contributed by atoms with Crippen LogP contribution in [0.3, 0.4) is 0 Å². The zero-order valence-corrected chi connectivity index (χ0v) is 15.8. The van der Waals surface area contributed by atoms with Crippen molar-refractivity contribution in [2.24, 2.45) is 0 Å². The highest BCUT2D eigenvalue weighted by atomic mass is 19.1. The Labute approximate surface area is 166 Å². The van der Waals surface area contributed by atoms with Gasteiger partial charge in [-0.2, -0.15) is 5.26 Å². The Hall–Kier alpha value is -3.47. The number of nitrogens with one attached hydrogen (secondary N) is 1. The Morgan fingerprint density at radius 2 is 1.97 bits per heavy atom. The molecule has 1 atom stereocenters. The summed E-state index contributed by atoms with van der Waals surface area (Å²) < 4.78 is 31.9. The van der Waals surface area contributed by atoms with Crippen molar-refractivity contribution in [1.82, 2.24) is 14.9 Å². The van der Waals surface area contributed by atoms with Crippen molar-refractivity contribution in [3.05, 3.63) is 59.9 Å². The first kappa shape index (κ1) is 20.3. The first-order valence-corrected chi connectivity index (χ1v) is 9.07. The standard InChI is InChI=1S/C21H20F2N4O2/c1-14(15-5-7-17(8-6-15)29-18(9-22)10-23)26-20(28)12-27-13-25-19-4-2-3-16(11-24)21(19)27/h2-8,13-14,18H,9-10,12H2,1H3,(H,26,28). The Morgan fingerprint density at radius 1 is 1.24 bits per heavy atom. The van der Waals surface area contributed by atoms with Crippen molar-refractivity contribution in [3.8, 4) is 11.8 Å². The smallest absolute Gasteiger partial charge is 0.240 e. The number of nitrogens with zero attached hydrogens (tertiary/aromatic N) is 3. The number of carbonyl (C=O) groups is 1. The number of para-hydroxylation sites is 1. The van der Waals surface area contributed by atoms with Crippen LogP contribution in [0.4, 0.5) is 8.78 Å². The zero-order chi connectivity index (χ0) is 20.8. The lowest BCUT2D eigenvalue weighted by molar-refractivity contribution is -0.122. The van der Waals surface area contributed by atoms with E-state index in [-0.39, 0.29) is 18.5 Å². The molecule has 1 heterocycles. The molecule has 0 saturated carbocycles. The van der Waals surface area contributed by atoms with Gasteiger partial charge in [-0.15, -0.1) is 0 Å². The summed E-state index contributed by atoms with van der Waals surface area (Å²) in [6.45, 7) is 0.0458. The van der Waals surface area contributed by atoms with Crippen LogP contribution in [0.25, 0.3) is 11.0 Å². The molecule has 1 N–H and O–H groups in total. The molecule has 29 heavy (non-hydrogen) atoms. The fourth-order valence-electron chi connectivity index (χ4n) is 2.99. The highest BCUT2D eigenvalue weighted by Gasteiger charge is 2.14. The van der Waals surface area contributed by atoms with Gasteiger partial charge in [0.2, 0.25) is 5.91 Å². The number of hydrogen-bond donors (Lipinski definition) is 1. The molecule has 3 rings (SSSR count). The van der Waals surface area contributed by atoms with Crippen molar-refractivity contribution in [2.45, 2.75) is 25.6 Å². The number of carbonyl (C=O) groups excluding carboxylic acids is 1. The topological polar surface area (TPSA) is 79.9 Å². The van der Waals surface area contributed by atoms with Crippen LogP contribution in [-0.4, -0.2) is 34.9 Å². The first-order chi connectivity index (χ1) is 14.0. The number of halogens is 2. The summed E-state index contributed by atoms with van der Waals surface area (Å²) in [5.74, 6) is 0.126. The van der Waals surface area contributed by atoms with Gasteiger partial charge in [0, 0.05) is 0 Å². The molecule has 1 amide bonds. The number of alkyl halides is 2. The van der Waals surface area contributed by atoms with E-state index in [2.05, 4.69) is 16.4 Å². The van der Waals surface area contributed by atoms with Crippen LogP contribution >= 0.6 is 0 Å². The third-order valence-electron chi connectivity index (χ3n) is 4.48. The molecule has 150 valence electrons. The zero-order valence-electron chi connectivity index (χ0n) is 15.8. The lowest BCUT2D eigenvalue weighted by atomic mass is 10.1. The molecule has 0 aliphatic carbocycles. The highest BCUT2D eigenvalue weighted by molar-refractivity contribution is 5.84. The largest absolute Gasteiger partial charge is 0.485 e. The van der Waals surface area contributed by atoms with Gasteiger partial charge >= 0.3 is 0 Å². The van der Waals surface area contributed by atoms with Crippen LogP contribution in [0.2, 0.25) is 0 Å². The molecular formula is C21H20F2N4O2. The van der Waals surface area contributed by atoms with E-state index in [1.54, 1.807) is 47.0 Å². The second-order valence-corrected chi connectivity index (χ2v) is 6.56. The number of hydrogen-bond acceptors (Lipinski definition) is 4. The summed E-state index contributed by atoms with van der Waals surface area (Å²) in [6, 6.07) is 13.7. The van der Waals surface area contributed by atoms with Crippen LogP contribution in [0, 0.1) is 11.3 Å². The van der Waals surface area contributed by atoms with Crippen LogP contribution in [0.15, 0.2) is 48.8 Å². The van der Waals surface area contributed by atoms with Gasteiger partial charge in [0.25, 0.3) is 0 Å². The van der Waals surface area contributed by atoms with Crippen LogP contribution in [-0.2, 0) is 11.3 Å². The third-order valence-corrected chi connectivity index (χ3v) is 4.48. The van der Waals surface area contributed by atoms with Gasteiger partial charge in [0.05, 0.1) is 29.0 Å². The molecule has 0 fully saturated rings. The maximum Gasteiger partial charge on any atom is 0.240 e. The lowest BCUT2D eigenvalue weighted by Crippen LogP contribution is -2.30. The Morgan fingerprint density at radius 3 is 2.62 bits per heavy atom. The summed E-state index contributed by atoms with van der Waals surface area (Å²) in [5, 5.41) is 12.2. The molecule has 1 aromatic heterocycles. The average molecular weight is 398 g/mol. The van der Waals surface area contributed by atoms with E-state index >= 15 is 0 Å². The van der Waals surface area contributed by atoms with E-state index in [0.717, 1.165) is 5.56 Å². The number of amides is 1. The normalized spacial score (nSPS) is 12.0. The van der Waals surface area contributed by atoms with Crippen LogP contribution < -0.4 is 10.1 Å². The van der Waals surface area contributed by atoms with Crippen LogP contribution in [0.5, 0.6) is 5.75 Å². The van der Waals surface area contributed by atoms with Gasteiger partial charge in [0.1, 0.15) is 31.7 Å². The maximum atomic E-state index is 12.6. The quantitative estimate of drug-likeness (QED) is 0.630. The molecule has 0 aliphatic heterocycles. The van der Waals surface area contributed by atoms with Crippen molar-refractivity contribution >= 4 is 16.9 Å². The summed E-state index contributed by atoms with van der Waals surface area (Å²) in [5.41, 5.74) is 2.54. The lowest BCUT2D eigenvalue weighted by Gasteiger charge is -2.17. The molecule has 0 spiro atoms. The summed E-state index contributed by atoms with van der Waals surface area (Å²) in [4.78, 5) is 16.7. The Bertz CT molecular complexity index is 1020. The number of imidazole rings is 1. The molecular weight excluding hydrogens is 378 g/mol. The summed E-state index contributed by atoms with van der Waals surface area (Å²) >= 11 is 0. The number of benzene rings is 2.